The molecule has 0 saturated carbocycles. The summed E-state index contributed by atoms with van der Waals surface area (Å²) in [6.45, 7) is 10.3. The van der Waals surface area contributed by atoms with Crippen LogP contribution in [0.3, 0.4) is 0 Å². The molecule has 196 valence electrons. The van der Waals surface area contributed by atoms with E-state index in [0.717, 1.165) is 68.2 Å². The molecule has 0 fully saturated rings. The van der Waals surface area contributed by atoms with Gasteiger partial charge in [0.05, 0.1) is 19.6 Å². The van der Waals surface area contributed by atoms with Crippen molar-refractivity contribution >= 4 is 20.9 Å². The van der Waals surface area contributed by atoms with Crippen molar-refractivity contribution in [1.29, 1.82) is 0 Å². The summed E-state index contributed by atoms with van der Waals surface area (Å²) in [5.41, 5.74) is 1.34. The summed E-state index contributed by atoms with van der Waals surface area (Å²) in [4.78, 5) is -0.653. The Kier molecular flexibility index (Phi) is 9.39. The molecule has 0 saturated heterocycles. The third kappa shape index (κ3) is 6.02. The summed E-state index contributed by atoms with van der Waals surface area (Å²) in [6, 6.07) is 13.9. The van der Waals surface area contributed by atoms with E-state index in [0.29, 0.717) is 17.5 Å². The number of phenolic OH excluding ortho intramolecular Hbond substituents is 2. The molecule has 0 aliphatic rings. The minimum absolute atomic E-state index is 0.0520. The lowest BCUT2D eigenvalue weighted by Crippen LogP contribution is -2.49. The zero-order valence-electron chi connectivity index (χ0n) is 21.7. The predicted octanol–water partition coefficient (Wildman–Crippen LogP) is 6.88. The number of hydrogen-bond acceptors (Lipinski definition) is 4. The summed E-state index contributed by atoms with van der Waals surface area (Å²) >= 11 is 0. The van der Waals surface area contributed by atoms with Crippen LogP contribution in [-0.4, -0.2) is 47.3 Å². The van der Waals surface area contributed by atoms with Gasteiger partial charge >= 0.3 is 0 Å². The fourth-order valence-electron chi connectivity index (χ4n) is 5.20. The van der Waals surface area contributed by atoms with Crippen LogP contribution < -0.4 is 0 Å². The molecule has 0 unspecified atom stereocenters. The van der Waals surface area contributed by atoms with Gasteiger partial charge in [-0.2, -0.15) is 8.42 Å². The fraction of sp³-hybridized carbons (Fsp3) is 0.448. The Morgan fingerprint density at radius 2 is 1.19 bits per heavy atom. The van der Waals surface area contributed by atoms with Crippen LogP contribution in [0.5, 0.6) is 11.5 Å². The molecule has 0 bridgehead atoms. The lowest BCUT2D eigenvalue weighted by atomic mass is 9.94. The number of unbranched alkanes of at least 4 members (excludes halogenated alkanes) is 3. The second kappa shape index (κ2) is 12.1. The molecule has 0 amide bonds. The summed E-state index contributed by atoms with van der Waals surface area (Å²) in [5.74, 6) is -0.823. The number of nitrogens with zero attached hydrogens (tertiary/aromatic N) is 1. The number of quaternary nitrogens is 1. The van der Waals surface area contributed by atoms with Gasteiger partial charge in [0.2, 0.25) is 0 Å². The standard InChI is InChI=1S/C29H39NO5S/c1-4-7-18-30(19-8-5-2,20-9-6-3)21-22-14-10-11-15-23(22)26-27(31)24-16-12-13-17-25(24)28(32)29(26)36(33,34)35/h10-17H,4-9,18-21H2,1-3H3,(H2-,31,32,33,34,35)/p+1. The molecule has 0 radical (unpaired) electrons. The molecular formula is C29H40NO5S+. The lowest BCUT2D eigenvalue weighted by Gasteiger charge is -2.40. The first-order chi connectivity index (χ1) is 17.2. The van der Waals surface area contributed by atoms with Crippen molar-refractivity contribution in [3.8, 4) is 22.6 Å². The molecule has 0 atom stereocenters. The second-order valence-electron chi connectivity index (χ2n) is 9.81. The Morgan fingerprint density at radius 3 is 1.69 bits per heavy atom. The highest BCUT2D eigenvalue weighted by Crippen LogP contribution is 2.48. The average Bonchev–Trinajstić information content (AvgIpc) is 2.86. The predicted molar refractivity (Wildman–Crippen MR) is 146 cm³/mol. The van der Waals surface area contributed by atoms with Crippen LogP contribution in [0, 0.1) is 0 Å². The molecular weight excluding hydrogens is 474 g/mol. The van der Waals surface area contributed by atoms with E-state index >= 15 is 0 Å². The highest BCUT2D eigenvalue weighted by atomic mass is 32.2. The van der Waals surface area contributed by atoms with Gasteiger partial charge in [-0.25, -0.2) is 0 Å². The summed E-state index contributed by atoms with van der Waals surface area (Å²) in [5, 5.41) is 22.8. The van der Waals surface area contributed by atoms with E-state index in [9.17, 15) is 23.2 Å². The molecule has 3 aromatic rings. The highest BCUT2D eigenvalue weighted by molar-refractivity contribution is 7.86. The molecule has 0 aliphatic heterocycles. The largest absolute Gasteiger partial charge is 0.507 e. The first kappa shape index (κ1) is 28.0. The molecule has 0 spiro atoms. The first-order valence-corrected chi connectivity index (χ1v) is 14.5. The van der Waals surface area contributed by atoms with Crippen molar-refractivity contribution in [3.63, 3.8) is 0 Å². The smallest absolute Gasteiger partial charge is 0.299 e. The van der Waals surface area contributed by atoms with Crippen LogP contribution in [0.25, 0.3) is 21.9 Å². The number of hydrogen-bond donors (Lipinski definition) is 3. The Balaban J connectivity index is 2.28. The van der Waals surface area contributed by atoms with Gasteiger partial charge in [-0.1, -0.05) is 88.6 Å². The van der Waals surface area contributed by atoms with E-state index < -0.39 is 20.8 Å². The summed E-state index contributed by atoms with van der Waals surface area (Å²) in [6.07, 6.45) is 6.54. The van der Waals surface area contributed by atoms with Gasteiger partial charge in [-0.3, -0.25) is 4.55 Å². The average molecular weight is 515 g/mol. The summed E-state index contributed by atoms with van der Waals surface area (Å²) in [7, 11) is -4.84. The minimum Gasteiger partial charge on any atom is -0.507 e. The van der Waals surface area contributed by atoms with Crippen LogP contribution in [0.1, 0.15) is 64.9 Å². The molecule has 6 nitrogen and oxygen atoms in total. The molecule has 0 heterocycles. The van der Waals surface area contributed by atoms with Crippen LogP contribution in [0.4, 0.5) is 0 Å². The van der Waals surface area contributed by atoms with Gasteiger partial charge in [0, 0.05) is 21.9 Å². The summed E-state index contributed by atoms with van der Waals surface area (Å²) < 4.78 is 36.1. The number of rotatable bonds is 13. The molecule has 0 aliphatic carbocycles. The number of phenols is 2. The SMILES string of the molecule is CCCC[N+](CCCC)(CCCC)Cc1ccccc1-c1c(S(=O)(=O)O)c(O)c2ccccc2c1O. The fourth-order valence-corrected chi connectivity index (χ4v) is 6.02. The zero-order valence-corrected chi connectivity index (χ0v) is 22.5. The van der Waals surface area contributed by atoms with Crippen molar-refractivity contribution in [2.24, 2.45) is 0 Å². The van der Waals surface area contributed by atoms with E-state index in [2.05, 4.69) is 20.8 Å². The van der Waals surface area contributed by atoms with Gasteiger partial charge in [0.1, 0.15) is 22.9 Å². The van der Waals surface area contributed by atoms with Gasteiger partial charge in [0.25, 0.3) is 10.1 Å². The van der Waals surface area contributed by atoms with Gasteiger partial charge in [-0.15, -0.1) is 0 Å². The maximum absolute atomic E-state index is 12.5. The molecule has 3 aromatic carbocycles. The van der Waals surface area contributed by atoms with Crippen molar-refractivity contribution in [1.82, 2.24) is 0 Å². The molecule has 0 aromatic heterocycles. The monoisotopic (exact) mass is 514 g/mol. The Hall–Kier alpha value is -2.61. The van der Waals surface area contributed by atoms with Crippen molar-refractivity contribution < 1.29 is 27.7 Å². The number of fused-ring (bicyclic) bond motifs is 1. The van der Waals surface area contributed by atoms with Crippen LogP contribution >= 0.6 is 0 Å². The molecule has 3 N–H and O–H groups in total. The van der Waals surface area contributed by atoms with Crippen molar-refractivity contribution in [3.05, 3.63) is 54.1 Å². The maximum Gasteiger partial charge on any atom is 0.299 e. The van der Waals surface area contributed by atoms with Crippen LogP contribution in [0.2, 0.25) is 0 Å². The number of aromatic hydroxyl groups is 2. The second-order valence-corrected chi connectivity index (χ2v) is 11.2. The van der Waals surface area contributed by atoms with E-state index in [-0.39, 0.29) is 16.7 Å². The lowest BCUT2D eigenvalue weighted by molar-refractivity contribution is -0.941. The van der Waals surface area contributed by atoms with Gasteiger partial charge < -0.3 is 14.7 Å². The topological polar surface area (TPSA) is 94.8 Å². The molecule has 7 heteroatoms. The van der Waals surface area contributed by atoms with E-state index in [1.807, 2.05) is 12.1 Å². The normalized spacial score (nSPS) is 12.3. The number of benzene rings is 3. The van der Waals surface area contributed by atoms with Gasteiger partial charge in [0.15, 0.2) is 0 Å². The maximum atomic E-state index is 12.5. The molecule has 3 rings (SSSR count). The van der Waals surface area contributed by atoms with Crippen LogP contribution in [0.15, 0.2) is 53.4 Å². The minimum atomic E-state index is -4.84. The van der Waals surface area contributed by atoms with Gasteiger partial charge in [-0.05, 0) is 24.8 Å². The zero-order chi connectivity index (χ0) is 26.3. The molecule has 36 heavy (non-hydrogen) atoms. The van der Waals surface area contributed by atoms with Crippen molar-refractivity contribution in [2.45, 2.75) is 70.7 Å². The third-order valence-electron chi connectivity index (χ3n) is 7.12. The first-order valence-electron chi connectivity index (χ1n) is 13.1. The Morgan fingerprint density at radius 1 is 0.722 bits per heavy atom. The highest BCUT2D eigenvalue weighted by Gasteiger charge is 2.32. The van der Waals surface area contributed by atoms with E-state index in [1.54, 1.807) is 30.3 Å². The van der Waals surface area contributed by atoms with E-state index in [1.165, 1.54) is 6.07 Å². The van der Waals surface area contributed by atoms with E-state index in [4.69, 9.17) is 0 Å². The third-order valence-corrected chi connectivity index (χ3v) is 8.04. The Bertz CT molecular complexity index is 1260. The Labute approximate surface area is 215 Å². The van der Waals surface area contributed by atoms with Crippen LogP contribution in [-0.2, 0) is 16.7 Å². The van der Waals surface area contributed by atoms with Crippen molar-refractivity contribution in [2.75, 3.05) is 19.6 Å². The quantitative estimate of drug-likeness (QED) is 0.131.